The molecule has 0 saturated heterocycles. The molecule has 1 aliphatic heterocycles. The van der Waals surface area contributed by atoms with E-state index in [1.54, 1.807) is 0 Å². The van der Waals surface area contributed by atoms with Gasteiger partial charge in [-0.3, -0.25) is 14.2 Å². The third-order valence-corrected chi connectivity index (χ3v) is 4.67. The number of nitrogens with zero attached hydrogens (tertiary/aromatic N) is 6. The molecule has 0 spiro atoms. The van der Waals surface area contributed by atoms with Gasteiger partial charge in [0.1, 0.15) is 4.83 Å². The maximum atomic E-state index is 12.7. The first-order chi connectivity index (χ1) is 10.6. The Hall–Kier alpha value is -2.33. The van der Waals surface area contributed by atoms with E-state index in [1.165, 1.54) is 22.2 Å². The van der Waals surface area contributed by atoms with Crippen LogP contribution in [-0.2, 0) is 13.0 Å². The van der Waals surface area contributed by atoms with Crippen molar-refractivity contribution in [2.75, 3.05) is 6.54 Å². The second kappa shape index (κ2) is 4.85. The highest BCUT2D eigenvalue weighted by Crippen LogP contribution is 2.29. The van der Waals surface area contributed by atoms with Crippen molar-refractivity contribution in [3.05, 3.63) is 32.9 Å². The normalized spacial score (nSPS) is 14.1. The van der Waals surface area contributed by atoms with Crippen LogP contribution in [-0.4, -0.2) is 41.7 Å². The molecule has 22 heavy (non-hydrogen) atoms. The fraction of sp³-hybridized carbons (Fsp3) is 0.273. The quantitative estimate of drug-likeness (QED) is 0.692. The summed E-state index contributed by atoms with van der Waals surface area (Å²) in [5, 5.41) is 14.3. The maximum Gasteiger partial charge on any atom is 0.262 e. The van der Waals surface area contributed by atoms with Crippen LogP contribution in [0.3, 0.4) is 0 Å². The third kappa shape index (κ3) is 1.99. The molecule has 0 fully saturated rings. The van der Waals surface area contributed by atoms with Crippen molar-refractivity contribution in [1.29, 1.82) is 0 Å². The molecule has 4 heterocycles. The lowest BCUT2D eigenvalue weighted by Gasteiger charge is -2.11. The molecule has 1 aliphatic rings. The number of aromatic nitrogens is 6. The number of nitrogens with one attached hydrogen (secondary N) is 1. The number of thiophene rings is 1. The van der Waals surface area contributed by atoms with E-state index in [-0.39, 0.29) is 18.0 Å². The van der Waals surface area contributed by atoms with E-state index in [1.807, 2.05) is 0 Å². The highest BCUT2D eigenvalue weighted by Gasteiger charge is 2.25. The Labute approximate surface area is 131 Å². The minimum atomic E-state index is -0.219. The van der Waals surface area contributed by atoms with E-state index < -0.39 is 0 Å². The number of rotatable bonds is 2. The minimum Gasteiger partial charge on any atom is -0.351 e. The Morgan fingerprint density at radius 1 is 1.41 bits per heavy atom. The van der Waals surface area contributed by atoms with Crippen LogP contribution in [0.4, 0.5) is 0 Å². The van der Waals surface area contributed by atoms with Gasteiger partial charge in [0.05, 0.1) is 34.9 Å². The Morgan fingerprint density at radius 3 is 3.05 bits per heavy atom. The first kappa shape index (κ1) is 13.3. The molecule has 11 heteroatoms. The summed E-state index contributed by atoms with van der Waals surface area (Å²) >= 11 is 6.78. The van der Waals surface area contributed by atoms with Crippen molar-refractivity contribution in [3.8, 4) is 0 Å². The van der Waals surface area contributed by atoms with Crippen LogP contribution in [0.5, 0.6) is 0 Å². The molecule has 0 saturated carbocycles. The zero-order valence-corrected chi connectivity index (χ0v) is 12.6. The number of amides is 1. The van der Waals surface area contributed by atoms with E-state index in [9.17, 15) is 9.59 Å². The van der Waals surface area contributed by atoms with E-state index in [4.69, 9.17) is 11.8 Å². The lowest BCUT2D eigenvalue weighted by molar-refractivity contribution is 0.0951. The standard InChI is InChI=1S/C11H8ClN7O2S/c12-19-16-6(15-17-19)3-18-4-14-10-7(11(18)21)5-1-2-13-9(20)8(5)22-10/h4H,1-3H2,(H,13,20). The van der Waals surface area contributed by atoms with Gasteiger partial charge < -0.3 is 5.32 Å². The first-order valence-corrected chi connectivity index (χ1v) is 7.53. The highest BCUT2D eigenvalue weighted by molar-refractivity contribution is 7.20. The fourth-order valence-electron chi connectivity index (χ4n) is 2.44. The summed E-state index contributed by atoms with van der Waals surface area (Å²) < 4.78 is 2.19. The number of carbonyl (C=O) groups excluding carboxylic acids is 1. The van der Waals surface area contributed by atoms with Crippen LogP contribution in [0, 0.1) is 0 Å². The molecular formula is C11H8ClN7O2S. The van der Waals surface area contributed by atoms with Crippen LogP contribution in [0.1, 0.15) is 21.1 Å². The molecular weight excluding hydrogens is 330 g/mol. The predicted octanol–water partition coefficient (Wildman–Crippen LogP) is -0.219. The molecule has 4 rings (SSSR count). The van der Waals surface area contributed by atoms with Crippen molar-refractivity contribution in [3.63, 3.8) is 0 Å². The monoisotopic (exact) mass is 337 g/mol. The number of hydrogen-bond acceptors (Lipinski definition) is 7. The van der Waals surface area contributed by atoms with E-state index >= 15 is 0 Å². The minimum absolute atomic E-state index is 0.116. The summed E-state index contributed by atoms with van der Waals surface area (Å²) in [6.45, 7) is 0.638. The van der Waals surface area contributed by atoms with E-state index in [2.05, 4.69) is 25.7 Å². The topological polar surface area (TPSA) is 108 Å². The van der Waals surface area contributed by atoms with Crippen molar-refractivity contribution >= 4 is 39.2 Å². The van der Waals surface area contributed by atoms with Crippen LogP contribution in [0.2, 0.25) is 0 Å². The molecule has 3 aromatic heterocycles. The average Bonchev–Trinajstić information content (AvgIpc) is 3.07. The summed E-state index contributed by atoms with van der Waals surface area (Å²) in [5.41, 5.74) is 0.549. The second-order valence-electron chi connectivity index (χ2n) is 4.72. The molecule has 0 unspecified atom stereocenters. The van der Waals surface area contributed by atoms with E-state index in [0.29, 0.717) is 33.9 Å². The Balaban J connectivity index is 1.86. The Morgan fingerprint density at radius 2 is 2.27 bits per heavy atom. The van der Waals surface area contributed by atoms with E-state index in [0.717, 1.165) is 9.88 Å². The SMILES string of the molecule is O=C1NCCc2c1sc1ncn(Cc3nnn(Cl)n3)c(=O)c21. The van der Waals surface area contributed by atoms with Gasteiger partial charge >= 0.3 is 0 Å². The summed E-state index contributed by atoms with van der Waals surface area (Å²) in [7, 11) is 0. The summed E-state index contributed by atoms with van der Waals surface area (Å²) in [5.74, 6) is 0.155. The lowest BCUT2D eigenvalue weighted by Crippen LogP contribution is -2.31. The van der Waals surface area contributed by atoms with Crippen molar-refractivity contribution in [2.24, 2.45) is 0 Å². The number of tetrazole rings is 1. The van der Waals surface area contributed by atoms with Crippen LogP contribution in [0.25, 0.3) is 10.2 Å². The second-order valence-corrected chi connectivity index (χ2v) is 6.02. The van der Waals surface area contributed by atoms with Gasteiger partial charge in [-0.2, -0.15) is 0 Å². The van der Waals surface area contributed by atoms with Gasteiger partial charge in [0, 0.05) is 6.54 Å². The average molecular weight is 338 g/mol. The number of fused-ring (bicyclic) bond motifs is 3. The molecule has 0 aromatic carbocycles. The number of halogens is 1. The summed E-state index contributed by atoms with van der Waals surface area (Å²) in [6, 6.07) is 0. The first-order valence-electron chi connectivity index (χ1n) is 6.37. The fourth-order valence-corrected chi connectivity index (χ4v) is 3.66. The maximum absolute atomic E-state index is 12.7. The highest BCUT2D eigenvalue weighted by atomic mass is 35.5. The molecule has 0 bridgehead atoms. The van der Waals surface area contributed by atoms with Crippen molar-refractivity contribution < 1.29 is 4.79 Å². The molecule has 0 radical (unpaired) electrons. The van der Waals surface area contributed by atoms with Crippen LogP contribution < -0.4 is 10.9 Å². The van der Waals surface area contributed by atoms with Crippen molar-refractivity contribution in [1.82, 2.24) is 34.6 Å². The van der Waals surface area contributed by atoms with Gasteiger partial charge in [-0.15, -0.1) is 21.5 Å². The molecule has 1 amide bonds. The predicted molar refractivity (Wildman–Crippen MR) is 78.1 cm³/mol. The Bertz CT molecular complexity index is 959. The summed E-state index contributed by atoms with van der Waals surface area (Å²) in [4.78, 5) is 29.9. The van der Waals surface area contributed by atoms with Gasteiger partial charge in [-0.25, -0.2) is 4.98 Å². The van der Waals surface area contributed by atoms with Crippen LogP contribution >= 0.6 is 23.1 Å². The van der Waals surface area contributed by atoms with Crippen molar-refractivity contribution in [2.45, 2.75) is 13.0 Å². The zero-order valence-electron chi connectivity index (χ0n) is 11.0. The molecule has 112 valence electrons. The lowest BCUT2D eigenvalue weighted by atomic mass is 10.1. The third-order valence-electron chi connectivity index (χ3n) is 3.39. The van der Waals surface area contributed by atoms with Gasteiger partial charge in [0.15, 0.2) is 5.82 Å². The van der Waals surface area contributed by atoms with Crippen LogP contribution in [0.15, 0.2) is 11.1 Å². The largest absolute Gasteiger partial charge is 0.351 e. The number of hydrogen-bond donors (Lipinski definition) is 1. The molecule has 1 N–H and O–H groups in total. The smallest absolute Gasteiger partial charge is 0.262 e. The molecule has 0 aliphatic carbocycles. The zero-order chi connectivity index (χ0) is 15.3. The molecule has 9 nitrogen and oxygen atoms in total. The molecule has 0 atom stereocenters. The Kier molecular flexibility index (Phi) is 2.94. The van der Waals surface area contributed by atoms with Gasteiger partial charge in [-0.1, -0.05) is 4.32 Å². The number of carbonyl (C=O) groups is 1. The summed E-state index contributed by atoms with van der Waals surface area (Å²) in [6.07, 6.45) is 2.04. The van der Waals surface area contributed by atoms with Gasteiger partial charge in [0.25, 0.3) is 11.5 Å². The molecule has 3 aromatic rings. The van der Waals surface area contributed by atoms with Gasteiger partial charge in [0.2, 0.25) is 0 Å². The van der Waals surface area contributed by atoms with Gasteiger partial charge in [-0.05, 0) is 17.2 Å².